The number of hydrogen-bond donors (Lipinski definition) is 1. The van der Waals surface area contributed by atoms with Gasteiger partial charge in [0.05, 0.1) is 12.4 Å². The summed E-state index contributed by atoms with van der Waals surface area (Å²) in [4.78, 5) is 0. The molecular weight excluding hydrogens is 226 g/mol. The Morgan fingerprint density at radius 2 is 2.17 bits per heavy atom. The SMILES string of the molecule is CCCCCNCC(C)Oc1cnn(CCC)c1. The van der Waals surface area contributed by atoms with E-state index in [9.17, 15) is 0 Å². The van der Waals surface area contributed by atoms with Crippen molar-refractivity contribution in [2.75, 3.05) is 13.1 Å². The number of aromatic nitrogens is 2. The lowest BCUT2D eigenvalue weighted by atomic mass is 10.2. The van der Waals surface area contributed by atoms with Crippen LogP contribution in [0.25, 0.3) is 0 Å². The summed E-state index contributed by atoms with van der Waals surface area (Å²) < 4.78 is 7.73. The Hall–Kier alpha value is -1.03. The second kappa shape index (κ2) is 8.97. The van der Waals surface area contributed by atoms with E-state index in [1.807, 2.05) is 10.9 Å². The van der Waals surface area contributed by atoms with Crippen LogP contribution >= 0.6 is 0 Å². The van der Waals surface area contributed by atoms with Crippen molar-refractivity contribution in [1.82, 2.24) is 15.1 Å². The summed E-state index contributed by atoms with van der Waals surface area (Å²) >= 11 is 0. The molecule has 0 bridgehead atoms. The van der Waals surface area contributed by atoms with Crippen LogP contribution < -0.4 is 10.1 Å². The third kappa shape index (κ3) is 6.05. The molecule has 0 aliphatic heterocycles. The van der Waals surface area contributed by atoms with Gasteiger partial charge in [0, 0.05) is 13.1 Å². The lowest BCUT2D eigenvalue weighted by Gasteiger charge is -2.13. The van der Waals surface area contributed by atoms with Crippen LogP contribution in [0.3, 0.4) is 0 Å². The smallest absolute Gasteiger partial charge is 0.157 e. The number of nitrogens with zero attached hydrogens (tertiary/aromatic N) is 2. The quantitative estimate of drug-likeness (QED) is 0.652. The maximum Gasteiger partial charge on any atom is 0.157 e. The molecule has 0 saturated heterocycles. The third-order valence-corrected chi connectivity index (χ3v) is 2.79. The van der Waals surface area contributed by atoms with E-state index < -0.39 is 0 Å². The van der Waals surface area contributed by atoms with E-state index >= 15 is 0 Å². The molecule has 18 heavy (non-hydrogen) atoms. The van der Waals surface area contributed by atoms with Gasteiger partial charge in [-0.2, -0.15) is 5.10 Å². The van der Waals surface area contributed by atoms with E-state index in [1.165, 1.54) is 19.3 Å². The zero-order chi connectivity index (χ0) is 13.2. The summed E-state index contributed by atoms with van der Waals surface area (Å²) in [6, 6.07) is 0. The number of nitrogens with one attached hydrogen (secondary N) is 1. The highest BCUT2D eigenvalue weighted by molar-refractivity contribution is 5.12. The molecule has 0 fully saturated rings. The molecule has 0 aliphatic carbocycles. The van der Waals surface area contributed by atoms with Crippen LogP contribution in [-0.2, 0) is 6.54 Å². The van der Waals surface area contributed by atoms with E-state index in [0.717, 1.165) is 31.8 Å². The molecular formula is C14H27N3O. The van der Waals surface area contributed by atoms with Crippen molar-refractivity contribution in [3.63, 3.8) is 0 Å². The number of hydrogen-bond acceptors (Lipinski definition) is 3. The first-order valence-corrected chi connectivity index (χ1v) is 7.16. The van der Waals surface area contributed by atoms with Gasteiger partial charge in [0.25, 0.3) is 0 Å². The van der Waals surface area contributed by atoms with Gasteiger partial charge >= 0.3 is 0 Å². The van der Waals surface area contributed by atoms with Crippen molar-refractivity contribution in [2.45, 2.75) is 59.1 Å². The Morgan fingerprint density at radius 3 is 2.89 bits per heavy atom. The molecule has 1 aromatic heterocycles. The number of rotatable bonds is 10. The zero-order valence-corrected chi connectivity index (χ0v) is 12.0. The molecule has 0 aliphatic rings. The second-order valence-electron chi connectivity index (χ2n) is 4.78. The monoisotopic (exact) mass is 253 g/mol. The first-order chi connectivity index (χ1) is 8.76. The minimum absolute atomic E-state index is 0.186. The molecule has 1 unspecified atom stereocenters. The summed E-state index contributed by atoms with van der Waals surface area (Å²) in [5.74, 6) is 0.867. The number of unbranched alkanes of at least 4 members (excludes halogenated alkanes) is 2. The summed E-state index contributed by atoms with van der Waals surface area (Å²) in [6.45, 7) is 9.38. The second-order valence-corrected chi connectivity index (χ2v) is 4.78. The number of ether oxygens (including phenoxy) is 1. The average Bonchev–Trinajstić information content (AvgIpc) is 2.77. The van der Waals surface area contributed by atoms with Gasteiger partial charge in [-0.25, -0.2) is 0 Å². The maximum atomic E-state index is 5.80. The first kappa shape index (κ1) is 15.0. The number of aryl methyl sites for hydroxylation is 1. The molecule has 1 heterocycles. The van der Waals surface area contributed by atoms with E-state index in [1.54, 1.807) is 6.20 Å². The Kier molecular flexibility index (Phi) is 7.49. The first-order valence-electron chi connectivity index (χ1n) is 7.16. The van der Waals surface area contributed by atoms with Crippen molar-refractivity contribution in [1.29, 1.82) is 0 Å². The van der Waals surface area contributed by atoms with E-state index in [4.69, 9.17) is 4.74 Å². The van der Waals surface area contributed by atoms with Gasteiger partial charge in [-0.15, -0.1) is 0 Å². The molecule has 1 rings (SSSR count). The largest absolute Gasteiger partial charge is 0.486 e. The molecule has 0 radical (unpaired) electrons. The van der Waals surface area contributed by atoms with Crippen LogP contribution in [0.15, 0.2) is 12.4 Å². The predicted octanol–water partition coefficient (Wildman–Crippen LogP) is 2.84. The molecule has 0 saturated carbocycles. The highest BCUT2D eigenvalue weighted by atomic mass is 16.5. The van der Waals surface area contributed by atoms with Gasteiger partial charge < -0.3 is 10.1 Å². The van der Waals surface area contributed by atoms with Crippen molar-refractivity contribution in [2.24, 2.45) is 0 Å². The Balaban J connectivity index is 2.16. The molecule has 1 N–H and O–H groups in total. The van der Waals surface area contributed by atoms with Crippen molar-refractivity contribution < 1.29 is 4.74 Å². The van der Waals surface area contributed by atoms with E-state index in [0.29, 0.717) is 0 Å². The molecule has 1 atom stereocenters. The van der Waals surface area contributed by atoms with Crippen LogP contribution in [0.4, 0.5) is 0 Å². The lowest BCUT2D eigenvalue weighted by Crippen LogP contribution is -2.29. The Bertz CT molecular complexity index is 312. The standard InChI is InChI=1S/C14H27N3O/c1-4-6-7-8-15-10-13(3)18-14-11-16-17(12-14)9-5-2/h11-13,15H,4-10H2,1-3H3. The third-order valence-electron chi connectivity index (χ3n) is 2.79. The van der Waals surface area contributed by atoms with Crippen LogP contribution in [-0.4, -0.2) is 29.0 Å². The highest BCUT2D eigenvalue weighted by Gasteiger charge is 2.05. The van der Waals surface area contributed by atoms with E-state index in [-0.39, 0.29) is 6.10 Å². The van der Waals surface area contributed by atoms with Crippen LogP contribution in [0.1, 0.15) is 46.5 Å². The summed E-state index contributed by atoms with van der Waals surface area (Å²) in [5.41, 5.74) is 0. The fraction of sp³-hybridized carbons (Fsp3) is 0.786. The van der Waals surface area contributed by atoms with Gasteiger partial charge in [0.2, 0.25) is 0 Å². The van der Waals surface area contributed by atoms with Crippen LogP contribution in [0, 0.1) is 0 Å². The minimum Gasteiger partial charge on any atom is -0.486 e. The maximum absolute atomic E-state index is 5.80. The van der Waals surface area contributed by atoms with Gasteiger partial charge in [-0.1, -0.05) is 26.7 Å². The highest BCUT2D eigenvalue weighted by Crippen LogP contribution is 2.10. The Morgan fingerprint density at radius 1 is 1.33 bits per heavy atom. The van der Waals surface area contributed by atoms with Gasteiger partial charge in [-0.05, 0) is 26.3 Å². The summed E-state index contributed by atoms with van der Waals surface area (Å²) in [6.07, 6.45) is 8.86. The minimum atomic E-state index is 0.186. The van der Waals surface area contributed by atoms with Gasteiger partial charge in [0.15, 0.2) is 5.75 Å². The molecule has 0 amide bonds. The van der Waals surface area contributed by atoms with Crippen molar-refractivity contribution in [3.8, 4) is 5.75 Å². The summed E-state index contributed by atoms with van der Waals surface area (Å²) in [5, 5.41) is 7.67. The zero-order valence-electron chi connectivity index (χ0n) is 12.0. The normalized spacial score (nSPS) is 12.6. The molecule has 4 nitrogen and oxygen atoms in total. The molecule has 4 heteroatoms. The molecule has 1 aromatic rings. The lowest BCUT2D eigenvalue weighted by molar-refractivity contribution is 0.217. The summed E-state index contributed by atoms with van der Waals surface area (Å²) in [7, 11) is 0. The van der Waals surface area contributed by atoms with Crippen LogP contribution in [0.2, 0.25) is 0 Å². The van der Waals surface area contributed by atoms with E-state index in [2.05, 4.69) is 31.2 Å². The molecule has 104 valence electrons. The van der Waals surface area contributed by atoms with Crippen LogP contribution in [0.5, 0.6) is 5.75 Å². The fourth-order valence-corrected chi connectivity index (χ4v) is 1.84. The predicted molar refractivity (Wildman–Crippen MR) is 75.0 cm³/mol. The van der Waals surface area contributed by atoms with Crippen molar-refractivity contribution in [3.05, 3.63) is 12.4 Å². The van der Waals surface area contributed by atoms with Gasteiger partial charge in [0.1, 0.15) is 6.10 Å². The average molecular weight is 253 g/mol. The fourth-order valence-electron chi connectivity index (χ4n) is 1.84. The van der Waals surface area contributed by atoms with Crippen molar-refractivity contribution >= 4 is 0 Å². The topological polar surface area (TPSA) is 39.1 Å². The molecule has 0 aromatic carbocycles. The molecule has 0 spiro atoms. The Labute approximate surface area is 111 Å². The van der Waals surface area contributed by atoms with Gasteiger partial charge in [-0.3, -0.25) is 4.68 Å².